The van der Waals surface area contributed by atoms with Crippen molar-refractivity contribution in [3.63, 3.8) is 0 Å². The van der Waals surface area contributed by atoms with Gasteiger partial charge in [-0.25, -0.2) is 13.2 Å². The molecule has 0 aliphatic carbocycles. The molecule has 2 rings (SSSR count). The van der Waals surface area contributed by atoms with E-state index in [0.717, 1.165) is 11.1 Å². The zero-order chi connectivity index (χ0) is 17.7. The average Bonchev–Trinajstić information content (AvgIpc) is 2.57. The predicted octanol–water partition coefficient (Wildman–Crippen LogP) is 2.99. The van der Waals surface area contributed by atoms with Gasteiger partial charge in [0, 0.05) is 13.6 Å². The van der Waals surface area contributed by atoms with E-state index < -0.39 is 16.0 Å². The van der Waals surface area contributed by atoms with Crippen LogP contribution in [-0.4, -0.2) is 32.3 Å². The Morgan fingerprint density at radius 2 is 1.62 bits per heavy atom. The summed E-state index contributed by atoms with van der Waals surface area (Å²) in [5.74, 6) is -0.463. The van der Waals surface area contributed by atoms with Crippen LogP contribution in [0.1, 0.15) is 28.4 Å². The third-order valence-corrected chi connectivity index (χ3v) is 5.42. The Morgan fingerprint density at radius 3 is 2.17 bits per heavy atom. The van der Waals surface area contributed by atoms with Gasteiger partial charge < -0.3 is 4.74 Å². The highest BCUT2D eigenvalue weighted by molar-refractivity contribution is 7.89. The van der Waals surface area contributed by atoms with Gasteiger partial charge in [-0.1, -0.05) is 29.8 Å². The van der Waals surface area contributed by atoms with Gasteiger partial charge >= 0.3 is 5.97 Å². The molecule has 5 nitrogen and oxygen atoms in total. The first-order valence-corrected chi connectivity index (χ1v) is 9.07. The molecule has 0 fully saturated rings. The van der Waals surface area contributed by atoms with Crippen molar-refractivity contribution in [2.45, 2.75) is 25.3 Å². The summed E-state index contributed by atoms with van der Waals surface area (Å²) in [5, 5.41) is 0. The summed E-state index contributed by atoms with van der Waals surface area (Å²) in [4.78, 5) is 11.8. The van der Waals surface area contributed by atoms with E-state index in [4.69, 9.17) is 4.74 Å². The lowest BCUT2D eigenvalue weighted by Gasteiger charge is -2.17. The standard InChI is InChI=1S/C18H21NO4S/c1-4-23-18(20)16-9-11-17(12-10-16)24(21,22)19(3)13-15-7-5-14(2)6-8-15/h5-12H,4,13H2,1-3H3. The summed E-state index contributed by atoms with van der Waals surface area (Å²) < 4.78 is 31.4. The first-order chi connectivity index (χ1) is 11.3. The van der Waals surface area contributed by atoms with Crippen LogP contribution in [0.15, 0.2) is 53.4 Å². The first-order valence-electron chi connectivity index (χ1n) is 7.63. The van der Waals surface area contributed by atoms with Crippen molar-refractivity contribution in [1.82, 2.24) is 4.31 Å². The quantitative estimate of drug-likeness (QED) is 0.754. The van der Waals surface area contributed by atoms with Gasteiger partial charge in [0.05, 0.1) is 17.1 Å². The number of hydrogen-bond acceptors (Lipinski definition) is 4. The molecule has 0 spiro atoms. The summed E-state index contributed by atoms with van der Waals surface area (Å²) in [6.07, 6.45) is 0. The Balaban J connectivity index is 2.16. The number of ether oxygens (including phenoxy) is 1. The molecule has 0 aromatic heterocycles. The molecule has 0 amide bonds. The molecular weight excluding hydrogens is 326 g/mol. The maximum atomic E-state index is 12.6. The predicted molar refractivity (Wildman–Crippen MR) is 92.2 cm³/mol. The number of sulfonamides is 1. The van der Waals surface area contributed by atoms with Gasteiger partial charge in [-0.3, -0.25) is 0 Å². The molecule has 0 aliphatic heterocycles. The van der Waals surface area contributed by atoms with Crippen LogP contribution in [0.4, 0.5) is 0 Å². The van der Waals surface area contributed by atoms with Crippen molar-refractivity contribution in [3.8, 4) is 0 Å². The van der Waals surface area contributed by atoms with Crippen LogP contribution in [0, 0.1) is 6.92 Å². The van der Waals surface area contributed by atoms with E-state index in [0.29, 0.717) is 5.56 Å². The molecule has 6 heteroatoms. The number of rotatable bonds is 6. The van der Waals surface area contributed by atoms with E-state index in [1.165, 1.54) is 35.6 Å². The SMILES string of the molecule is CCOC(=O)c1ccc(S(=O)(=O)N(C)Cc2ccc(C)cc2)cc1. The molecular formula is C18H21NO4S. The lowest BCUT2D eigenvalue weighted by molar-refractivity contribution is 0.0526. The maximum absolute atomic E-state index is 12.6. The number of benzene rings is 2. The largest absolute Gasteiger partial charge is 0.462 e. The summed E-state index contributed by atoms with van der Waals surface area (Å²) in [6, 6.07) is 13.5. The van der Waals surface area contributed by atoms with Crippen LogP contribution >= 0.6 is 0 Å². The van der Waals surface area contributed by atoms with Gasteiger partial charge in [-0.15, -0.1) is 0 Å². The second kappa shape index (κ2) is 7.59. The van der Waals surface area contributed by atoms with Gasteiger partial charge in [-0.2, -0.15) is 4.31 Å². The van der Waals surface area contributed by atoms with Crippen LogP contribution < -0.4 is 0 Å². The smallest absolute Gasteiger partial charge is 0.338 e. The molecule has 0 atom stereocenters. The number of esters is 1. The Hall–Kier alpha value is -2.18. The summed E-state index contributed by atoms with van der Waals surface area (Å²) >= 11 is 0. The van der Waals surface area contributed by atoms with E-state index in [1.807, 2.05) is 31.2 Å². The highest BCUT2D eigenvalue weighted by Gasteiger charge is 2.21. The Labute approximate surface area is 142 Å². The monoisotopic (exact) mass is 347 g/mol. The zero-order valence-electron chi connectivity index (χ0n) is 14.0. The number of hydrogen-bond donors (Lipinski definition) is 0. The first kappa shape index (κ1) is 18.2. The van der Waals surface area contributed by atoms with Crippen LogP contribution in [-0.2, 0) is 21.3 Å². The van der Waals surface area contributed by atoms with Crippen LogP contribution in [0.3, 0.4) is 0 Å². The number of carbonyl (C=O) groups excluding carboxylic acids is 1. The highest BCUT2D eigenvalue weighted by atomic mass is 32.2. The van der Waals surface area contributed by atoms with Crippen molar-refractivity contribution in [2.75, 3.05) is 13.7 Å². The molecule has 0 radical (unpaired) electrons. The Morgan fingerprint density at radius 1 is 1.04 bits per heavy atom. The second-order valence-corrected chi connectivity index (χ2v) is 7.54. The third-order valence-electron chi connectivity index (χ3n) is 3.60. The summed E-state index contributed by atoms with van der Waals surface area (Å²) in [5.41, 5.74) is 2.37. The van der Waals surface area contributed by atoms with Gasteiger partial charge in [0.2, 0.25) is 10.0 Å². The lowest BCUT2D eigenvalue weighted by Crippen LogP contribution is -2.26. The van der Waals surface area contributed by atoms with Gasteiger partial charge in [0.1, 0.15) is 0 Å². The van der Waals surface area contributed by atoms with Gasteiger partial charge in [-0.05, 0) is 43.7 Å². The van der Waals surface area contributed by atoms with Crippen LogP contribution in [0.5, 0.6) is 0 Å². The number of carbonyl (C=O) groups is 1. The van der Waals surface area contributed by atoms with Crippen LogP contribution in [0.25, 0.3) is 0 Å². The molecule has 0 N–H and O–H groups in total. The van der Waals surface area contributed by atoms with E-state index in [2.05, 4.69) is 0 Å². The number of nitrogens with zero attached hydrogens (tertiary/aromatic N) is 1. The van der Waals surface area contributed by atoms with Crippen molar-refractivity contribution < 1.29 is 17.9 Å². The van der Waals surface area contributed by atoms with Crippen molar-refractivity contribution in [3.05, 3.63) is 65.2 Å². The highest BCUT2D eigenvalue weighted by Crippen LogP contribution is 2.18. The normalized spacial score (nSPS) is 11.5. The minimum Gasteiger partial charge on any atom is -0.462 e. The van der Waals surface area contributed by atoms with Gasteiger partial charge in [0.25, 0.3) is 0 Å². The Bertz CT molecular complexity index is 796. The van der Waals surface area contributed by atoms with E-state index >= 15 is 0 Å². The van der Waals surface area contributed by atoms with Gasteiger partial charge in [0.15, 0.2) is 0 Å². The summed E-state index contributed by atoms with van der Waals surface area (Å²) in [6.45, 7) is 4.26. The molecule has 0 heterocycles. The molecule has 24 heavy (non-hydrogen) atoms. The zero-order valence-corrected chi connectivity index (χ0v) is 14.8. The third kappa shape index (κ3) is 4.21. The topological polar surface area (TPSA) is 63.7 Å². The molecule has 0 saturated carbocycles. The molecule has 0 bridgehead atoms. The van der Waals surface area contributed by atoms with Crippen molar-refractivity contribution >= 4 is 16.0 Å². The summed E-state index contributed by atoms with van der Waals surface area (Å²) in [7, 11) is -2.08. The van der Waals surface area contributed by atoms with Crippen LogP contribution in [0.2, 0.25) is 0 Å². The molecule has 0 aliphatic rings. The molecule has 2 aromatic carbocycles. The number of aryl methyl sites for hydroxylation is 1. The fraction of sp³-hybridized carbons (Fsp3) is 0.278. The fourth-order valence-electron chi connectivity index (χ4n) is 2.19. The van der Waals surface area contributed by atoms with E-state index in [-0.39, 0.29) is 18.0 Å². The second-order valence-electron chi connectivity index (χ2n) is 5.49. The van der Waals surface area contributed by atoms with E-state index in [1.54, 1.807) is 6.92 Å². The molecule has 0 unspecified atom stereocenters. The lowest BCUT2D eigenvalue weighted by atomic mass is 10.1. The Kier molecular flexibility index (Phi) is 5.75. The average molecular weight is 347 g/mol. The maximum Gasteiger partial charge on any atom is 0.338 e. The fourth-order valence-corrected chi connectivity index (χ4v) is 3.35. The van der Waals surface area contributed by atoms with Crippen molar-refractivity contribution in [2.24, 2.45) is 0 Å². The molecule has 128 valence electrons. The van der Waals surface area contributed by atoms with E-state index in [9.17, 15) is 13.2 Å². The molecule has 0 saturated heterocycles. The minimum atomic E-state index is -3.62. The minimum absolute atomic E-state index is 0.144. The molecule has 2 aromatic rings. The van der Waals surface area contributed by atoms with Crippen molar-refractivity contribution in [1.29, 1.82) is 0 Å².